The lowest BCUT2D eigenvalue weighted by atomic mass is 10.0. The molecule has 0 unspecified atom stereocenters. The van der Waals surface area contributed by atoms with Crippen LogP contribution in [-0.2, 0) is 0 Å². The highest BCUT2D eigenvalue weighted by atomic mass is 32.1. The minimum Gasteiger partial charge on any atom is -0.456 e. The van der Waals surface area contributed by atoms with E-state index in [0.29, 0.717) is 17.5 Å². The summed E-state index contributed by atoms with van der Waals surface area (Å²) in [6.07, 6.45) is 0. The van der Waals surface area contributed by atoms with Crippen molar-refractivity contribution in [2.24, 2.45) is 0 Å². The molecule has 0 saturated carbocycles. The van der Waals surface area contributed by atoms with Gasteiger partial charge in [-0.15, -0.1) is 11.3 Å². The van der Waals surface area contributed by atoms with Crippen molar-refractivity contribution >= 4 is 108 Å². The molecule has 6 nitrogen and oxygen atoms in total. The van der Waals surface area contributed by atoms with Gasteiger partial charge in [-0.25, -0.2) is 15.0 Å². The van der Waals surface area contributed by atoms with E-state index in [0.717, 1.165) is 87.4 Å². The molecule has 9 aromatic carbocycles. The van der Waals surface area contributed by atoms with Gasteiger partial charge in [-0.3, -0.25) is 0 Å². The second kappa shape index (κ2) is 12.7. The molecular formula is C55H30N4O2S. The van der Waals surface area contributed by atoms with Crippen molar-refractivity contribution in [3.63, 3.8) is 0 Å². The van der Waals surface area contributed by atoms with Gasteiger partial charge in [-0.1, -0.05) is 121 Å². The average molecular weight is 811 g/mol. The topological polar surface area (TPSA) is 69.9 Å². The Bertz CT molecular complexity index is 4190. The smallest absolute Gasteiger partial charge is 0.167 e. The number of benzene rings is 9. The second-order valence-corrected chi connectivity index (χ2v) is 16.9. The van der Waals surface area contributed by atoms with E-state index in [9.17, 15) is 0 Å². The third-order valence-corrected chi connectivity index (χ3v) is 13.7. The Morgan fingerprint density at radius 3 is 1.94 bits per heavy atom. The van der Waals surface area contributed by atoms with E-state index in [1.165, 1.54) is 31.6 Å². The first-order valence-corrected chi connectivity index (χ1v) is 21.5. The molecule has 288 valence electrons. The highest BCUT2D eigenvalue weighted by Crippen LogP contribution is 2.45. The fourth-order valence-electron chi connectivity index (χ4n) is 9.66. The van der Waals surface area contributed by atoms with Crippen molar-refractivity contribution < 1.29 is 8.83 Å². The van der Waals surface area contributed by atoms with Crippen LogP contribution >= 0.6 is 11.3 Å². The molecule has 0 N–H and O–H groups in total. The van der Waals surface area contributed by atoms with Crippen molar-refractivity contribution in [1.29, 1.82) is 0 Å². The first-order valence-electron chi connectivity index (χ1n) is 20.7. The van der Waals surface area contributed by atoms with Gasteiger partial charge in [0.1, 0.15) is 22.3 Å². The highest BCUT2D eigenvalue weighted by molar-refractivity contribution is 7.26. The van der Waals surface area contributed by atoms with Gasteiger partial charge in [-0.2, -0.15) is 0 Å². The van der Waals surface area contributed by atoms with Crippen molar-refractivity contribution in [3.8, 4) is 39.9 Å². The Morgan fingerprint density at radius 1 is 0.403 bits per heavy atom. The molecular weight excluding hydrogens is 781 g/mol. The normalized spacial score (nSPS) is 12.2. The van der Waals surface area contributed by atoms with Crippen molar-refractivity contribution in [2.75, 3.05) is 0 Å². The van der Waals surface area contributed by atoms with Crippen LogP contribution in [0.25, 0.3) is 136 Å². The van der Waals surface area contributed by atoms with Crippen LogP contribution in [0.1, 0.15) is 0 Å². The first-order chi connectivity index (χ1) is 30.7. The summed E-state index contributed by atoms with van der Waals surface area (Å²) in [4.78, 5) is 16.1. The molecule has 0 radical (unpaired) electrons. The lowest BCUT2D eigenvalue weighted by Gasteiger charge is -2.13. The fourth-order valence-corrected chi connectivity index (χ4v) is 10.9. The molecule has 14 aromatic rings. The van der Waals surface area contributed by atoms with Crippen LogP contribution in [0, 0.1) is 0 Å². The van der Waals surface area contributed by atoms with Crippen molar-refractivity contribution in [1.82, 2.24) is 19.5 Å². The summed E-state index contributed by atoms with van der Waals surface area (Å²) in [6.45, 7) is 0. The maximum atomic E-state index is 6.59. The number of nitrogens with zero attached hydrogens (tertiary/aromatic N) is 4. The van der Waals surface area contributed by atoms with E-state index in [1.807, 2.05) is 48.5 Å². The molecule has 0 atom stereocenters. The number of hydrogen-bond donors (Lipinski definition) is 0. The number of rotatable bonds is 4. The molecule has 62 heavy (non-hydrogen) atoms. The highest BCUT2D eigenvalue weighted by Gasteiger charge is 2.23. The van der Waals surface area contributed by atoms with E-state index >= 15 is 0 Å². The van der Waals surface area contributed by atoms with Crippen LogP contribution in [0.15, 0.2) is 191 Å². The molecule has 0 aliphatic heterocycles. The summed E-state index contributed by atoms with van der Waals surface area (Å²) in [5.74, 6) is 1.65. The Kier molecular flexibility index (Phi) is 6.89. The first kappa shape index (κ1) is 33.7. The van der Waals surface area contributed by atoms with E-state index in [-0.39, 0.29) is 0 Å². The molecule has 0 bridgehead atoms. The number of thiophene rings is 1. The third-order valence-electron chi connectivity index (χ3n) is 12.4. The summed E-state index contributed by atoms with van der Waals surface area (Å²) >= 11 is 1.77. The number of fused-ring (bicyclic) bond motifs is 14. The molecule has 0 saturated heterocycles. The molecule has 5 aromatic heterocycles. The molecule has 0 aliphatic rings. The molecule has 7 heteroatoms. The minimum atomic E-state index is 0.530. The molecule has 0 fully saturated rings. The van der Waals surface area contributed by atoms with Gasteiger partial charge in [0.05, 0.1) is 16.6 Å². The summed E-state index contributed by atoms with van der Waals surface area (Å²) in [6, 6.07) is 63.9. The molecule has 5 heterocycles. The summed E-state index contributed by atoms with van der Waals surface area (Å²) in [7, 11) is 0. The second-order valence-electron chi connectivity index (χ2n) is 15.9. The minimum absolute atomic E-state index is 0.530. The zero-order chi connectivity index (χ0) is 40.5. The third kappa shape index (κ3) is 4.82. The molecule has 0 amide bonds. The van der Waals surface area contributed by atoms with Gasteiger partial charge < -0.3 is 13.4 Å². The number of aromatic nitrogens is 4. The predicted octanol–water partition coefficient (Wildman–Crippen LogP) is 15.3. The average Bonchev–Trinajstić information content (AvgIpc) is 4.10. The zero-order valence-electron chi connectivity index (χ0n) is 32.8. The lowest BCUT2D eigenvalue weighted by Crippen LogP contribution is -2.01. The van der Waals surface area contributed by atoms with Crippen LogP contribution in [-0.4, -0.2) is 19.5 Å². The van der Waals surface area contributed by atoms with Gasteiger partial charge in [0.2, 0.25) is 0 Å². The molecule has 0 aliphatic carbocycles. The van der Waals surface area contributed by atoms with Gasteiger partial charge in [-0.05, 0) is 71.4 Å². The molecule has 0 spiro atoms. The predicted molar refractivity (Wildman–Crippen MR) is 255 cm³/mol. The Hall–Kier alpha value is -8.13. The lowest BCUT2D eigenvalue weighted by molar-refractivity contribution is 0.668. The van der Waals surface area contributed by atoms with Crippen LogP contribution < -0.4 is 0 Å². The fraction of sp³-hybridized carbons (Fsp3) is 0. The Labute approximate surface area is 356 Å². The maximum absolute atomic E-state index is 6.59. The van der Waals surface area contributed by atoms with Crippen LogP contribution in [0.5, 0.6) is 0 Å². The zero-order valence-corrected chi connectivity index (χ0v) is 33.7. The van der Waals surface area contributed by atoms with Gasteiger partial charge in [0, 0.05) is 69.3 Å². The van der Waals surface area contributed by atoms with E-state index in [2.05, 4.69) is 138 Å². The molecule has 14 rings (SSSR count). The number of hydrogen-bond acceptors (Lipinski definition) is 6. The number of para-hydroxylation sites is 4. The SMILES string of the molecule is c1ccc2c(c1)ccc1c2c2ccccc2n1-c1cc(-c2nc(-c3ccc4c(c3)oc3ccccc34)nc(-c3cccc4c3oc3ccccc34)n2)c2sc3ccccc3c2c1. The van der Waals surface area contributed by atoms with Crippen molar-refractivity contribution in [3.05, 3.63) is 182 Å². The maximum Gasteiger partial charge on any atom is 0.167 e. The number of furan rings is 2. The summed E-state index contributed by atoms with van der Waals surface area (Å²) in [5, 5.41) is 11.4. The van der Waals surface area contributed by atoms with Crippen molar-refractivity contribution in [2.45, 2.75) is 0 Å². The summed E-state index contributed by atoms with van der Waals surface area (Å²) < 4.78 is 17.7. The standard InChI is InChI=1S/C55H30N4O2S/c1-2-13-34-31(12-1)25-27-45-50(34)40-17-3-7-20-44(40)59(45)33-29-42-38-16-6-10-23-49(38)62-52(42)43(30-33)55-57-53(32-24-26-37-35-14-4-8-21-46(35)60-48(37)28-32)56-54(58-55)41-19-11-18-39-36-15-5-9-22-47(36)61-51(39)41/h1-30H. The van der Waals surface area contributed by atoms with Crippen LogP contribution in [0.4, 0.5) is 0 Å². The Balaban J connectivity index is 1.08. The van der Waals surface area contributed by atoms with E-state index < -0.39 is 0 Å². The largest absolute Gasteiger partial charge is 0.456 e. The van der Waals surface area contributed by atoms with Gasteiger partial charge in [0.25, 0.3) is 0 Å². The monoisotopic (exact) mass is 810 g/mol. The Morgan fingerprint density at radius 2 is 1.06 bits per heavy atom. The van der Waals surface area contributed by atoms with E-state index in [4.69, 9.17) is 23.8 Å². The summed E-state index contributed by atoms with van der Waals surface area (Å²) in [5.41, 5.74) is 9.04. The van der Waals surface area contributed by atoms with Gasteiger partial charge in [0.15, 0.2) is 17.5 Å². The quantitative estimate of drug-likeness (QED) is 0.177. The van der Waals surface area contributed by atoms with Crippen LogP contribution in [0.3, 0.4) is 0 Å². The van der Waals surface area contributed by atoms with Gasteiger partial charge >= 0.3 is 0 Å². The van der Waals surface area contributed by atoms with Crippen LogP contribution in [0.2, 0.25) is 0 Å². The van der Waals surface area contributed by atoms with E-state index in [1.54, 1.807) is 11.3 Å².